The number of urea groups is 1. The summed E-state index contributed by atoms with van der Waals surface area (Å²) in [5.41, 5.74) is 0.0561. The topological polar surface area (TPSA) is 91.8 Å². The average molecular weight is 313 g/mol. The molecule has 1 aromatic heterocycles. The number of nitrogens with one attached hydrogen (secondary N) is 1. The van der Waals surface area contributed by atoms with E-state index in [-0.39, 0.29) is 17.8 Å². The van der Waals surface area contributed by atoms with Crippen LogP contribution in [-0.4, -0.2) is 59.3 Å². The summed E-state index contributed by atoms with van der Waals surface area (Å²) < 4.78 is 5.37. The lowest BCUT2D eigenvalue weighted by molar-refractivity contribution is 0.0114. The fourth-order valence-electron chi connectivity index (χ4n) is 2.16. The number of thiazole rings is 1. The summed E-state index contributed by atoms with van der Waals surface area (Å²) in [5.74, 6) is -1.03. The quantitative estimate of drug-likeness (QED) is 0.852. The lowest BCUT2D eigenvalue weighted by Crippen LogP contribution is -2.52. The second-order valence-corrected chi connectivity index (χ2v) is 5.69. The van der Waals surface area contributed by atoms with Gasteiger partial charge < -0.3 is 20.1 Å². The number of carboxylic acid groups (broad SMARTS) is 1. The molecule has 2 heterocycles. The monoisotopic (exact) mass is 313 g/mol. The maximum Gasteiger partial charge on any atom is 0.355 e. The maximum absolute atomic E-state index is 12.1. The first-order valence-electron chi connectivity index (χ1n) is 6.91. The van der Waals surface area contributed by atoms with Crippen LogP contribution in [0, 0.1) is 0 Å². The minimum atomic E-state index is -1.03. The van der Waals surface area contributed by atoms with Gasteiger partial charge in [-0.15, -0.1) is 11.3 Å². The molecule has 7 nitrogen and oxygen atoms in total. The Labute approximate surface area is 126 Å². The Balaban J connectivity index is 1.79. The summed E-state index contributed by atoms with van der Waals surface area (Å²) in [4.78, 5) is 28.6. The Hall–Kier alpha value is -1.67. The van der Waals surface area contributed by atoms with Crippen LogP contribution >= 0.6 is 11.3 Å². The van der Waals surface area contributed by atoms with Gasteiger partial charge in [0, 0.05) is 24.9 Å². The van der Waals surface area contributed by atoms with Crippen molar-refractivity contribution in [1.82, 2.24) is 15.2 Å². The Morgan fingerprint density at radius 2 is 2.43 bits per heavy atom. The molecule has 21 heavy (non-hydrogen) atoms. The van der Waals surface area contributed by atoms with E-state index < -0.39 is 5.97 Å². The van der Waals surface area contributed by atoms with Crippen molar-refractivity contribution < 1.29 is 19.4 Å². The number of carboxylic acids is 1. The van der Waals surface area contributed by atoms with Crippen LogP contribution in [0.2, 0.25) is 0 Å². The molecule has 2 N–H and O–H groups in total. The lowest BCUT2D eigenvalue weighted by atomic mass is 10.2. The van der Waals surface area contributed by atoms with E-state index in [4.69, 9.17) is 9.84 Å². The van der Waals surface area contributed by atoms with Crippen LogP contribution in [0.25, 0.3) is 0 Å². The molecule has 1 saturated heterocycles. The first-order valence-corrected chi connectivity index (χ1v) is 7.79. The minimum Gasteiger partial charge on any atom is -0.476 e. The molecular weight excluding hydrogens is 294 g/mol. The van der Waals surface area contributed by atoms with Crippen molar-refractivity contribution in [2.24, 2.45) is 0 Å². The zero-order valence-corrected chi connectivity index (χ0v) is 12.7. The first kappa shape index (κ1) is 15.7. The first-order chi connectivity index (χ1) is 10.1. The Bertz CT molecular complexity index is 505. The summed E-state index contributed by atoms with van der Waals surface area (Å²) >= 11 is 1.29. The zero-order valence-electron chi connectivity index (χ0n) is 11.9. The van der Waals surface area contributed by atoms with E-state index in [2.05, 4.69) is 10.3 Å². The normalized spacial score (nSPS) is 18.5. The predicted octanol–water partition coefficient (Wildman–Crippen LogP) is 1.20. The van der Waals surface area contributed by atoms with E-state index in [0.717, 1.165) is 6.42 Å². The zero-order chi connectivity index (χ0) is 15.2. The number of amides is 2. The van der Waals surface area contributed by atoms with Gasteiger partial charge in [0.15, 0.2) is 5.69 Å². The van der Waals surface area contributed by atoms with Crippen molar-refractivity contribution in [2.75, 3.05) is 26.3 Å². The predicted molar refractivity (Wildman–Crippen MR) is 77.8 cm³/mol. The van der Waals surface area contributed by atoms with E-state index in [1.165, 1.54) is 16.7 Å². The van der Waals surface area contributed by atoms with Gasteiger partial charge >= 0.3 is 12.0 Å². The number of carbonyl (C=O) groups excluding carboxylic acids is 1. The molecule has 0 aliphatic carbocycles. The standard InChI is InChI=1S/C13H19N3O4S/c1-2-9-7-20-6-5-16(9)13(19)14-4-3-11-15-10(8-21-11)12(17)18/h8-9H,2-7H2,1H3,(H,14,19)(H,17,18). The Morgan fingerprint density at radius 3 is 3.10 bits per heavy atom. The summed E-state index contributed by atoms with van der Waals surface area (Å²) in [6, 6.07) is 0.0254. The third kappa shape index (κ3) is 4.15. The van der Waals surface area contributed by atoms with Crippen LogP contribution in [-0.2, 0) is 11.2 Å². The highest BCUT2D eigenvalue weighted by Gasteiger charge is 2.25. The Morgan fingerprint density at radius 1 is 1.62 bits per heavy atom. The van der Waals surface area contributed by atoms with Crippen molar-refractivity contribution in [3.8, 4) is 0 Å². The number of nitrogens with zero attached hydrogens (tertiary/aromatic N) is 2. The van der Waals surface area contributed by atoms with Crippen LogP contribution in [0.3, 0.4) is 0 Å². The number of ether oxygens (including phenoxy) is 1. The number of aromatic nitrogens is 1. The molecule has 2 amide bonds. The Kier molecular flexibility index (Phi) is 5.51. The van der Waals surface area contributed by atoms with E-state index in [1.54, 1.807) is 4.90 Å². The molecule has 0 spiro atoms. The van der Waals surface area contributed by atoms with Crippen molar-refractivity contribution >= 4 is 23.3 Å². The van der Waals surface area contributed by atoms with Gasteiger partial charge in [-0.1, -0.05) is 6.92 Å². The van der Waals surface area contributed by atoms with Gasteiger partial charge in [-0.2, -0.15) is 0 Å². The molecule has 0 radical (unpaired) electrons. The lowest BCUT2D eigenvalue weighted by Gasteiger charge is -2.35. The van der Waals surface area contributed by atoms with Gasteiger partial charge in [0.25, 0.3) is 0 Å². The van der Waals surface area contributed by atoms with Crippen molar-refractivity contribution in [3.63, 3.8) is 0 Å². The molecule has 1 aromatic rings. The SMILES string of the molecule is CCC1COCCN1C(=O)NCCc1nc(C(=O)O)cs1. The number of hydrogen-bond donors (Lipinski definition) is 2. The van der Waals surface area contributed by atoms with Crippen molar-refractivity contribution in [2.45, 2.75) is 25.8 Å². The highest BCUT2D eigenvalue weighted by Crippen LogP contribution is 2.11. The number of rotatable bonds is 5. The van der Waals surface area contributed by atoms with Gasteiger partial charge in [-0.3, -0.25) is 0 Å². The third-order valence-electron chi connectivity index (χ3n) is 3.35. The van der Waals surface area contributed by atoms with Crippen molar-refractivity contribution in [3.05, 3.63) is 16.1 Å². The molecule has 1 atom stereocenters. The van der Waals surface area contributed by atoms with E-state index in [1.807, 2.05) is 6.92 Å². The van der Waals surface area contributed by atoms with Crippen LogP contribution < -0.4 is 5.32 Å². The fraction of sp³-hybridized carbons (Fsp3) is 0.615. The number of morpholine rings is 1. The third-order valence-corrected chi connectivity index (χ3v) is 4.25. The molecule has 1 aliphatic rings. The molecular formula is C13H19N3O4S. The second-order valence-electron chi connectivity index (χ2n) is 4.74. The smallest absolute Gasteiger partial charge is 0.355 e. The average Bonchev–Trinajstić information content (AvgIpc) is 2.96. The maximum atomic E-state index is 12.1. The highest BCUT2D eigenvalue weighted by molar-refractivity contribution is 7.09. The minimum absolute atomic E-state index is 0.0561. The molecule has 8 heteroatoms. The second kappa shape index (κ2) is 7.37. The van der Waals surface area contributed by atoms with Gasteiger partial charge in [0.1, 0.15) is 0 Å². The number of carbonyl (C=O) groups is 2. The molecule has 1 unspecified atom stereocenters. The highest BCUT2D eigenvalue weighted by atomic mass is 32.1. The summed E-state index contributed by atoms with van der Waals surface area (Å²) in [6.07, 6.45) is 1.40. The van der Waals surface area contributed by atoms with Crippen LogP contribution in [0.15, 0.2) is 5.38 Å². The van der Waals surface area contributed by atoms with Gasteiger partial charge in [0.2, 0.25) is 0 Å². The van der Waals surface area contributed by atoms with Crippen LogP contribution in [0.1, 0.15) is 28.8 Å². The molecule has 0 saturated carbocycles. The largest absolute Gasteiger partial charge is 0.476 e. The molecule has 0 bridgehead atoms. The van der Waals surface area contributed by atoms with E-state index in [0.29, 0.717) is 37.7 Å². The van der Waals surface area contributed by atoms with Crippen LogP contribution in [0.5, 0.6) is 0 Å². The van der Waals surface area contributed by atoms with E-state index in [9.17, 15) is 9.59 Å². The molecule has 1 fully saturated rings. The van der Waals surface area contributed by atoms with E-state index >= 15 is 0 Å². The molecule has 1 aliphatic heterocycles. The van der Waals surface area contributed by atoms with Crippen molar-refractivity contribution in [1.29, 1.82) is 0 Å². The van der Waals surface area contributed by atoms with Crippen LogP contribution in [0.4, 0.5) is 4.79 Å². The molecule has 2 rings (SSSR count). The van der Waals surface area contributed by atoms with Gasteiger partial charge in [-0.05, 0) is 6.42 Å². The van der Waals surface area contributed by atoms with Gasteiger partial charge in [-0.25, -0.2) is 14.6 Å². The summed E-state index contributed by atoms with van der Waals surface area (Å²) in [7, 11) is 0. The number of aromatic carboxylic acids is 1. The summed E-state index contributed by atoms with van der Waals surface area (Å²) in [5, 5.41) is 13.9. The summed E-state index contributed by atoms with van der Waals surface area (Å²) in [6.45, 7) is 4.23. The number of hydrogen-bond acceptors (Lipinski definition) is 5. The van der Waals surface area contributed by atoms with Gasteiger partial charge in [0.05, 0.1) is 24.3 Å². The molecule has 0 aromatic carbocycles. The molecule has 116 valence electrons. The fourth-order valence-corrected chi connectivity index (χ4v) is 2.93.